The second-order valence-electron chi connectivity index (χ2n) is 3.75. The van der Waals surface area contributed by atoms with E-state index in [4.69, 9.17) is 5.26 Å². The zero-order valence-electron chi connectivity index (χ0n) is 9.95. The van der Waals surface area contributed by atoms with Gasteiger partial charge in [-0.25, -0.2) is 0 Å². The third-order valence-corrected chi connectivity index (χ3v) is 2.07. The van der Waals surface area contributed by atoms with Gasteiger partial charge in [0.2, 0.25) is 5.78 Å². The Kier molecular flexibility index (Phi) is 4.16. The Morgan fingerprint density at radius 2 is 2.17 bits per heavy atom. The van der Waals surface area contributed by atoms with E-state index in [1.807, 2.05) is 0 Å². The number of rotatable bonds is 4. The fraction of sp³-hybridized carbons (Fsp3) is 0.167. The Balaban J connectivity index is 3.15. The summed E-state index contributed by atoms with van der Waals surface area (Å²) in [5, 5.41) is 19.5. The number of carbonyl (C=O) groups is 1. The summed E-state index contributed by atoms with van der Waals surface area (Å²) in [4.78, 5) is 23.5. The van der Waals surface area contributed by atoms with E-state index < -0.39 is 10.7 Å². The molecule has 0 aliphatic heterocycles. The van der Waals surface area contributed by atoms with Crippen molar-refractivity contribution in [2.75, 3.05) is 14.1 Å². The van der Waals surface area contributed by atoms with Crippen molar-refractivity contribution < 1.29 is 9.72 Å². The van der Waals surface area contributed by atoms with Gasteiger partial charge in [0.1, 0.15) is 11.6 Å². The minimum absolute atomic E-state index is 0.0690. The smallest absolute Gasteiger partial charge is 0.270 e. The second-order valence-corrected chi connectivity index (χ2v) is 3.75. The molecule has 1 rings (SSSR count). The van der Waals surface area contributed by atoms with Crippen LogP contribution in [0, 0.1) is 21.4 Å². The van der Waals surface area contributed by atoms with Crippen LogP contribution in [0.1, 0.15) is 10.4 Å². The maximum absolute atomic E-state index is 11.9. The van der Waals surface area contributed by atoms with E-state index in [2.05, 4.69) is 0 Å². The van der Waals surface area contributed by atoms with Crippen molar-refractivity contribution in [1.29, 1.82) is 5.26 Å². The lowest BCUT2D eigenvalue weighted by atomic mass is 10.0. The molecule has 0 radical (unpaired) electrons. The van der Waals surface area contributed by atoms with Gasteiger partial charge in [0.05, 0.1) is 4.92 Å². The van der Waals surface area contributed by atoms with Crippen LogP contribution in [0.5, 0.6) is 0 Å². The molecule has 92 valence electrons. The van der Waals surface area contributed by atoms with Crippen LogP contribution in [0.2, 0.25) is 0 Å². The molecule has 0 atom stereocenters. The van der Waals surface area contributed by atoms with Gasteiger partial charge in [-0.3, -0.25) is 14.9 Å². The number of benzene rings is 1. The number of hydrogen-bond donors (Lipinski definition) is 0. The molecule has 0 heterocycles. The Morgan fingerprint density at radius 1 is 1.50 bits per heavy atom. The number of nitro benzene ring substituents is 1. The second kappa shape index (κ2) is 5.59. The van der Waals surface area contributed by atoms with Crippen LogP contribution >= 0.6 is 0 Å². The summed E-state index contributed by atoms with van der Waals surface area (Å²) in [6.07, 6.45) is 1.38. The number of allylic oxidation sites excluding steroid dienone is 1. The van der Waals surface area contributed by atoms with Gasteiger partial charge in [-0.15, -0.1) is 0 Å². The Hall–Kier alpha value is -2.68. The zero-order chi connectivity index (χ0) is 13.7. The first-order valence-electron chi connectivity index (χ1n) is 5.03. The topological polar surface area (TPSA) is 87.2 Å². The van der Waals surface area contributed by atoms with E-state index >= 15 is 0 Å². The minimum Gasteiger partial charge on any atom is -0.382 e. The first-order valence-corrected chi connectivity index (χ1v) is 5.03. The molecule has 0 spiro atoms. The first-order chi connectivity index (χ1) is 8.45. The highest BCUT2D eigenvalue weighted by atomic mass is 16.6. The average molecular weight is 245 g/mol. The van der Waals surface area contributed by atoms with E-state index in [0.29, 0.717) is 0 Å². The lowest BCUT2D eigenvalue weighted by Gasteiger charge is -2.05. The van der Waals surface area contributed by atoms with Crippen LogP contribution in [0.4, 0.5) is 5.69 Å². The highest BCUT2D eigenvalue weighted by molar-refractivity contribution is 6.11. The molecule has 0 saturated heterocycles. The Morgan fingerprint density at radius 3 is 2.67 bits per heavy atom. The fourth-order valence-corrected chi connectivity index (χ4v) is 1.31. The lowest BCUT2D eigenvalue weighted by Crippen LogP contribution is -2.09. The van der Waals surface area contributed by atoms with Gasteiger partial charge in [-0.1, -0.05) is 12.1 Å². The molecule has 0 aromatic heterocycles. The maximum Gasteiger partial charge on any atom is 0.270 e. The number of nitrogens with zero attached hydrogens (tertiary/aromatic N) is 3. The molecule has 0 saturated carbocycles. The summed E-state index contributed by atoms with van der Waals surface area (Å²) in [6, 6.07) is 7.08. The number of non-ortho nitro benzene ring substituents is 1. The largest absolute Gasteiger partial charge is 0.382 e. The van der Waals surface area contributed by atoms with Crippen LogP contribution in [0.3, 0.4) is 0 Å². The standard InChI is InChI=1S/C12H11N3O3/c1-14(2)8-10(7-13)12(16)9-4-3-5-11(6-9)15(17)18/h3-6,8H,1-2H3. The van der Waals surface area contributed by atoms with E-state index in [0.717, 1.165) is 6.07 Å². The number of ketones is 1. The Bertz CT molecular complexity index is 556. The van der Waals surface area contributed by atoms with Crippen molar-refractivity contribution in [3.05, 3.63) is 51.7 Å². The molecule has 0 aliphatic carbocycles. The summed E-state index contributed by atoms with van der Waals surface area (Å²) in [5.74, 6) is -0.532. The normalized spacial score (nSPS) is 10.6. The van der Waals surface area contributed by atoms with Gasteiger partial charge in [0.25, 0.3) is 5.69 Å². The number of Topliss-reactive ketones (excluding diaryl/α,β-unsaturated/α-hetero) is 1. The van der Waals surface area contributed by atoms with Crippen LogP contribution < -0.4 is 0 Å². The molecular formula is C12H11N3O3. The van der Waals surface area contributed by atoms with Crippen LogP contribution in [-0.4, -0.2) is 29.7 Å². The molecule has 0 aliphatic rings. The van der Waals surface area contributed by atoms with Gasteiger partial charge in [0, 0.05) is 38.0 Å². The zero-order valence-corrected chi connectivity index (χ0v) is 9.95. The molecular weight excluding hydrogens is 234 g/mol. The SMILES string of the molecule is CN(C)C=C(C#N)C(=O)c1cccc([N+](=O)[O-])c1. The quantitative estimate of drug-likeness (QED) is 0.265. The van der Waals surface area contributed by atoms with Crippen molar-refractivity contribution in [3.8, 4) is 6.07 Å². The van der Waals surface area contributed by atoms with Gasteiger partial charge in [-0.05, 0) is 0 Å². The lowest BCUT2D eigenvalue weighted by molar-refractivity contribution is -0.384. The molecule has 18 heavy (non-hydrogen) atoms. The molecule has 1 aromatic carbocycles. The molecule has 6 heteroatoms. The van der Waals surface area contributed by atoms with Gasteiger partial charge < -0.3 is 4.90 Å². The van der Waals surface area contributed by atoms with E-state index in [1.165, 1.54) is 24.4 Å². The van der Waals surface area contributed by atoms with Gasteiger partial charge in [-0.2, -0.15) is 5.26 Å². The number of nitriles is 1. The number of carbonyl (C=O) groups excluding carboxylic acids is 1. The predicted octanol–water partition coefficient (Wildman–Crippen LogP) is 1.75. The molecule has 1 aromatic rings. The highest BCUT2D eigenvalue weighted by Crippen LogP contribution is 2.16. The molecule has 6 nitrogen and oxygen atoms in total. The van der Waals surface area contributed by atoms with Crippen LogP contribution in [0.25, 0.3) is 0 Å². The summed E-state index contributed by atoms with van der Waals surface area (Å²) >= 11 is 0. The monoisotopic (exact) mass is 245 g/mol. The third-order valence-electron chi connectivity index (χ3n) is 2.07. The van der Waals surface area contributed by atoms with Crippen molar-refractivity contribution in [1.82, 2.24) is 4.90 Å². The minimum atomic E-state index is -0.585. The average Bonchev–Trinajstić information content (AvgIpc) is 2.35. The van der Waals surface area contributed by atoms with Crippen LogP contribution in [0.15, 0.2) is 36.0 Å². The molecule has 0 fully saturated rings. The third kappa shape index (κ3) is 3.15. The fourth-order valence-electron chi connectivity index (χ4n) is 1.31. The van der Waals surface area contributed by atoms with Crippen molar-refractivity contribution in [2.24, 2.45) is 0 Å². The van der Waals surface area contributed by atoms with E-state index in [-0.39, 0.29) is 16.8 Å². The van der Waals surface area contributed by atoms with Gasteiger partial charge >= 0.3 is 0 Å². The highest BCUT2D eigenvalue weighted by Gasteiger charge is 2.15. The summed E-state index contributed by atoms with van der Waals surface area (Å²) in [7, 11) is 3.36. The molecule has 0 N–H and O–H groups in total. The van der Waals surface area contributed by atoms with Gasteiger partial charge in [0.15, 0.2) is 0 Å². The molecule has 0 unspecified atom stereocenters. The molecule has 0 amide bonds. The summed E-state index contributed by atoms with van der Waals surface area (Å²) < 4.78 is 0. The molecule has 0 bridgehead atoms. The number of nitro groups is 1. The van der Waals surface area contributed by atoms with E-state index in [1.54, 1.807) is 25.1 Å². The van der Waals surface area contributed by atoms with Crippen LogP contribution in [-0.2, 0) is 0 Å². The summed E-state index contributed by atoms with van der Waals surface area (Å²) in [5.41, 5.74) is -0.123. The van der Waals surface area contributed by atoms with Crippen molar-refractivity contribution in [3.63, 3.8) is 0 Å². The number of hydrogen-bond acceptors (Lipinski definition) is 5. The Labute approximate surface area is 104 Å². The maximum atomic E-state index is 11.9. The van der Waals surface area contributed by atoms with Crippen molar-refractivity contribution in [2.45, 2.75) is 0 Å². The summed E-state index contributed by atoms with van der Waals surface area (Å²) in [6.45, 7) is 0. The van der Waals surface area contributed by atoms with E-state index in [9.17, 15) is 14.9 Å². The predicted molar refractivity (Wildman–Crippen MR) is 64.8 cm³/mol. The first kappa shape index (κ1) is 13.4. The van der Waals surface area contributed by atoms with Crippen molar-refractivity contribution >= 4 is 11.5 Å².